The number of nitrogens with zero attached hydrogens (tertiary/aromatic N) is 1. The molecule has 150 valence electrons. The highest BCUT2D eigenvalue weighted by molar-refractivity contribution is 5.77. The molecule has 1 atom stereocenters. The van der Waals surface area contributed by atoms with Crippen molar-refractivity contribution in [1.82, 2.24) is 15.3 Å². The van der Waals surface area contributed by atoms with E-state index in [0.29, 0.717) is 16.7 Å². The summed E-state index contributed by atoms with van der Waals surface area (Å²) in [4.78, 5) is 42.9. The monoisotopic (exact) mass is 395 g/mol. The molecule has 2 aromatic carbocycles. The molecule has 0 fully saturated rings. The van der Waals surface area contributed by atoms with Crippen molar-refractivity contribution in [2.45, 2.75) is 26.0 Å². The fourth-order valence-electron chi connectivity index (χ4n) is 2.91. The van der Waals surface area contributed by atoms with E-state index in [1.54, 1.807) is 55.6 Å². The molecular weight excluding hydrogens is 374 g/mol. The SMILES string of the molecule is COc1ccc([C@@H](CC(=O)OCc2nc3ccccc3c(=O)[nH]2)NC(C)=O)cc1. The standard InChI is InChI=1S/C21H21N3O5/c1-13(25)22-18(14-7-9-15(28-2)10-8-14)11-20(26)29-12-19-23-17-6-4-3-5-16(17)21(27)24-19/h3-10,18H,11-12H2,1-2H3,(H,22,25)(H,23,24,27)/t18-/m1/s1. The molecule has 0 aliphatic carbocycles. The third kappa shape index (κ3) is 5.19. The topological polar surface area (TPSA) is 110 Å². The van der Waals surface area contributed by atoms with E-state index in [1.807, 2.05) is 0 Å². The van der Waals surface area contributed by atoms with E-state index in [4.69, 9.17) is 9.47 Å². The number of methoxy groups -OCH3 is 1. The molecule has 0 bridgehead atoms. The molecule has 2 N–H and O–H groups in total. The Morgan fingerprint density at radius 3 is 2.55 bits per heavy atom. The predicted molar refractivity (Wildman–Crippen MR) is 106 cm³/mol. The van der Waals surface area contributed by atoms with Gasteiger partial charge in [-0.1, -0.05) is 24.3 Å². The van der Waals surface area contributed by atoms with Crippen LogP contribution in [0.4, 0.5) is 0 Å². The smallest absolute Gasteiger partial charge is 0.308 e. The molecule has 0 radical (unpaired) electrons. The number of fused-ring (bicyclic) bond motifs is 1. The van der Waals surface area contributed by atoms with Gasteiger partial charge < -0.3 is 19.8 Å². The molecule has 29 heavy (non-hydrogen) atoms. The zero-order chi connectivity index (χ0) is 20.8. The van der Waals surface area contributed by atoms with E-state index in [2.05, 4.69) is 15.3 Å². The minimum atomic E-state index is -0.547. The molecule has 0 saturated carbocycles. The highest BCUT2D eigenvalue weighted by Gasteiger charge is 2.19. The zero-order valence-electron chi connectivity index (χ0n) is 16.1. The van der Waals surface area contributed by atoms with Gasteiger partial charge in [0.25, 0.3) is 5.56 Å². The Morgan fingerprint density at radius 1 is 1.14 bits per heavy atom. The number of H-pyrrole nitrogens is 1. The Bertz CT molecular complexity index is 1080. The van der Waals surface area contributed by atoms with Crippen molar-refractivity contribution >= 4 is 22.8 Å². The Balaban J connectivity index is 1.68. The van der Waals surface area contributed by atoms with Crippen LogP contribution in [0.25, 0.3) is 10.9 Å². The van der Waals surface area contributed by atoms with Gasteiger partial charge in [-0.2, -0.15) is 0 Å². The average molecular weight is 395 g/mol. The molecule has 1 amide bonds. The van der Waals surface area contributed by atoms with Gasteiger partial charge in [-0.25, -0.2) is 4.98 Å². The van der Waals surface area contributed by atoms with Crippen LogP contribution in [0, 0.1) is 0 Å². The summed E-state index contributed by atoms with van der Waals surface area (Å²) in [7, 11) is 1.56. The maximum Gasteiger partial charge on any atom is 0.308 e. The minimum Gasteiger partial charge on any atom is -0.497 e. The summed E-state index contributed by atoms with van der Waals surface area (Å²) in [5.41, 5.74) is 0.975. The summed E-state index contributed by atoms with van der Waals surface area (Å²) in [6.07, 6.45) is -0.0658. The van der Waals surface area contributed by atoms with Crippen molar-refractivity contribution in [2.24, 2.45) is 0 Å². The fraction of sp³-hybridized carbons (Fsp3) is 0.238. The number of aromatic nitrogens is 2. The number of rotatable bonds is 7. The molecule has 1 heterocycles. The molecule has 0 aliphatic heterocycles. The lowest BCUT2D eigenvalue weighted by Crippen LogP contribution is -2.28. The molecule has 8 heteroatoms. The molecule has 3 rings (SSSR count). The predicted octanol–water partition coefficient (Wildman–Crippen LogP) is 2.24. The van der Waals surface area contributed by atoms with Gasteiger partial charge in [-0.15, -0.1) is 0 Å². The number of hydrogen-bond donors (Lipinski definition) is 2. The van der Waals surface area contributed by atoms with Crippen molar-refractivity contribution in [2.75, 3.05) is 7.11 Å². The van der Waals surface area contributed by atoms with Crippen LogP contribution in [0.15, 0.2) is 53.3 Å². The van der Waals surface area contributed by atoms with Crippen LogP contribution < -0.4 is 15.6 Å². The molecule has 0 spiro atoms. The number of ether oxygens (including phenoxy) is 2. The lowest BCUT2D eigenvalue weighted by Gasteiger charge is -2.18. The van der Waals surface area contributed by atoms with E-state index >= 15 is 0 Å². The molecule has 1 aromatic heterocycles. The second-order valence-electron chi connectivity index (χ2n) is 6.42. The van der Waals surface area contributed by atoms with Crippen LogP contribution in [0.1, 0.15) is 30.8 Å². The third-order valence-corrected chi connectivity index (χ3v) is 4.30. The third-order valence-electron chi connectivity index (χ3n) is 4.30. The van der Waals surface area contributed by atoms with Crippen molar-refractivity contribution in [3.05, 3.63) is 70.3 Å². The Morgan fingerprint density at radius 2 is 1.86 bits per heavy atom. The summed E-state index contributed by atoms with van der Waals surface area (Å²) in [6, 6.07) is 13.4. The minimum absolute atomic E-state index is 0.0658. The number of carbonyl (C=O) groups is 2. The first kappa shape index (κ1) is 20.1. The summed E-state index contributed by atoms with van der Waals surface area (Å²) in [6.45, 7) is 1.21. The Hall–Kier alpha value is -3.68. The maximum absolute atomic E-state index is 12.3. The van der Waals surface area contributed by atoms with Gasteiger partial charge in [0.05, 0.1) is 30.5 Å². The molecule has 0 unspecified atom stereocenters. The number of amides is 1. The number of para-hydroxylation sites is 1. The molecule has 0 saturated heterocycles. The number of carbonyl (C=O) groups excluding carboxylic acids is 2. The van der Waals surface area contributed by atoms with Gasteiger partial charge in [0.15, 0.2) is 0 Å². The van der Waals surface area contributed by atoms with Gasteiger partial charge in [0, 0.05) is 6.92 Å². The van der Waals surface area contributed by atoms with Crippen molar-refractivity contribution in [1.29, 1.82) is 0 Å². The van der Waals surface area contributed by atoms with Crippen LogP contribution in [0.5, 0.6) is 5.75 Å². The van der Waals surface area contributed by atoms with E-state index in [-0.39, 0.29) is 30.3 Å². The zero-order valence-corrected chi connectivity index (χ0v) is 16.1. The number of aromatic amines is 1. The normalized spacial score (nSPS) is 11.7. The fourth-order valence-corrected chi connectivity index (χ4v) is 2.91. The largest absolute Gasteiger partial charge is 0.497 e. The van der Waals surface area contributed by atoms with Gasteiger partial charge >= 0.3 is 5.97 Å². The van der Waals surface area contributed by atoms with Crippen LogP contribution in [-0.4, -0.2) is 29.0 Å². The van der Waals surface area contributed by atoms with Crippen LogP contribution >= 0.6 is 0 Å². The number of nitrogens with one attached hydrogen (secondary N) is 2. The maximum atomic E-state index is 12.3. The van der Waals surface area contributed by atoms with Gasteiger partial charge in [-0.05, 0) is 29.8 Å². The van der Waals surface area contributed by atoms with Crippen LogP contribution in [0.3, 0.4) is 0 Å². The molecule has 0 aliphatic rings. The van der Waals surface area contributed by atoms with Gasteiger partial charge in [-0.3, -0.25) is 14.4 Å². The van der Waals surface area contributed by atoms with Crippen LogP contribution in [-0.2, 0) is 20.9 Å². The van der Waals surface area contributed by atoms with E-state index in [1.165, 1.54) is 6.92 Å². The van der Waals surface area contributed by atoms with Gasteiger partial charge in [0.2, 0.25) is 5.91 Å². The van der Waals surface area contributed by atoms with E-state index in [9.17, 15) is 14.4 Å². The quantitative estimate of drug-likeness (QED) is 0.594. The number of hydrogen-bond acceptors (Lipinski definition) is 6. The van der Waals surface area contributed by atoms with Crippen LogP contribution in [0.2, 0.25) is 0 Å². The van der Waals surface area contributed by atoms with E-state index in [0.717, 1.165) is 5.56 Å². The lowest BCUT2D eigenvalue weighted by molar-refractivity contribution is -0.146. The second-order valence-corrected chi connectivity index (χ2v) is 6.42. The highest BCUT2D eigenvalue weighted by atomic mass is 16.5. The average Bonchev–Trinajstić information content (AvgIpc) is 2.71. The summed E-state index contributed by atoms with van der Waals surface area (Å²) in [5.74, 6) is 0.126. The van der Waals surface area contributed by atoms with E-state index < -0.39 is 12.0 Å². The molecule has 8 nitrogen and oxygen atoms in total. The summed E-state index contributed by atoms with van der Waals surface area (Å²) in [5, 5.41) is 3.21. The van der Waals surface area contributed by atoms with Crippen molar-refractivity contribution in [3.8, 4) is 5.75 Å². The number of benzene rings is 2. The Kier molecular flexibility index (Phi) is 6.23. The van der Waals surface area contributed by atoms with Crippen molar-refractivity contribution < 1.29 is 19.1 Å². The summed E-state index contributed by atoms with van der Waals surface area (Å²) < 4.78 is 10.4. The lowest BCUT2D eigenvalue weighted by atomic mass is 10.0. The molecule has 3 aromatic rings. The number of esters is 1. The highest BCUT2D eigenvalue weighted by Crippen LogP contribution is 2.21. The summed E-state index contributed by atoms with van der Waals surface area (Å²) >= 11 is 0. The van der Waals surface area contributed by atoms with Gasteiger partial charge in [0.1, 0.15) is 18.2 Å². The Labute approximate surface area is 166 Å². The first-order valence-electron chi connectivity index (χ1n) is 9.01. The first-order valence-corrected chi connectivity index (χ1v) is 9.01. The van der Waals surface area contributed by atoms with Crippen molar-refractivity contribution in [3.63, 3.8) is 0 Å². The first-order chi connectivity index (χ1) is 14.0. The molecular formula is C21H21N3O5. The second kappa shape index (κ2) is 9.01.